The minimum atomic E-state index is -3.63. The molecule has 0 aliphatic heterocycles. The maximum atomic E-state index is 12.3. The van der Waals surface area contributed by atoms with Crippen molar-refractivity contribution < 1.29 is 13.2 Å². The average Bonchev–Trinajstić information content (AvgIpc) is 3.09. The third-order valence-corrected chi connectivity index (χ3v) is 6.74. The van der Waals surface area contributed by atoms with E-state index in [1.54, 1.807) is 17.5 Å². The number of hydrogen-bond acceptors (Lipinski definition) is 4. The van der Waals surface area contributed by atoms with E-state index in [1.807, 2.05) is 36.4 Å². The molecule has 3 rings (SSSR count). The predicted molar refractivity (Wildman–Crippen MR) is 96.7 cm³/mol. The van der Waals surface area contributed by atoms with E-state index in [0.29, 0.717) is 5.69 Å². The quantitative estimate of drug-likeness (QED) is 0.760. The summed E-state index contributed by atoms with van der Waals surface area (Å²) in [4.78, 5) is 12.2. The number of thiophene rings is 1. The number of hydrogen-bond donors (Lipinski definition) is 1. The highest BCUT2D eigenvalue weighted by atomic mass is 32.2. The van der Waals surface area contributed by atoms with Crippen LogP contribution in [0, 0.1) is 0 Å². The highest BCUT2D eigenvalue weighted by Gasteiger charge is 2.23. The molecule has 0 bridgehead atoms. The molecule has 0 atom stereocenters. The number of likely N-dealkylation sites (N-methyl/N-ethyl adjacent to an activating group) is 1. The van der Waals surface area contributed by atoms with Crippen molar-refractivity contribution in [2.24, 2.45) is 0 Å². The first-order valence-corrected chi connectivity index (χ1v) is 9.57. The number of carbonyl (C=O) groups excluding carboxylic acids is 1. The Bertz CT molecular complexity index is 966. The van der Waals surface area contributed by atoms with E-state index in [2.05, 4.69) is 5.32 Å². The second-order valence-electron chi connectivity index (χ2n) is 5.30. The maximum Gasteiger partial charge on any atom is 0.252 e. The largest absolute Gasteiger partial charge is 0.325 e. The number of amides is 1. The molecular weight excluding hydrogens is 344 g/mol. The monoisotopic (exact) mass is 360 g/mol. The number of nitrogens with zero attached hydrogens (tertiary/aromatic N) is 1. The Balaban J connectivity index is 1.70. The number of rotatable bonds is 5. The van der Waals surface area contributed by atoms with Crippen LogP contribution < -0.4 is 5.32 Å². The smallest absolute Gasteiger partial charge is 0.252 e. The second-order valence-corrected chi connectivity index (χ2v) is 8.52. The Morgan fingerprint density at radius 3 is 2.54 bits per heavy atom. The number of nitrogens with one attached hydrogen (secondary N) is 1. The van der Waals surface area contributed by atoms with Crippen LogP contribution >= 0.6 is 11.3 Å². The van der Waals surface area contributed by atoms with Gasteiger partial charge in [0.1, 0.15) is 4.21 Å². The highest BCUT2D eigenvalue weighted by Crippen LogP contribution is 2.21. The van der Waals surface area contributed by atoms with Crippen LogP contribution in [0.1, 0.15) is 0 Å². The molecule has 0 aliphatic rings. The Labute approximate surface area is 144 Å². The van der Waals surface area contributed by atoms with E-state index in [-0.39, 0.29) is 16.7 Å². The van der Waals surface area contributed by atoms with Gasteiger partial charge in [-0.1, -0.05) is 36.4 Å². The van der Waals surface area contributed by atoms with E-state index in [9.17, 15) is 13.2 Å². The van der Waals surface area contributed by atoms with Gasteiger partial charge in [-0.2, -0.15) is 4.31 Å². The fraction of sp³-hybridized carbons (Fsp3) is 0.118. The minimum Gasteiger partial charge on any atom is -0.325 e. The van der Waals surface area contributed by atoms with Crippen LogP contribution in [0.4, 0.5) is 5.69 Å². The van der Waals surface area contributed by atoms with Gasteiger partial charge in [0.15, 0.2) is 0 Å². The third-order valence-electron chi connectivity index (χ3n) is 3.56. The molecule has 7 heteroatoms. The van der Waals surface area contributed by atoms with E-state index in [0.717, 1.165) is 26.4 Å². The Kier molecular flexibility index (Phi) is 4.66. The molecule has 0 spiro atoms. The van der Waals surface area contributed by atoms with Crippen LogP contribution in [-0.2, 0) is 14.8 Å². The van der Waals surface area contributed by atoms with E-state index in [4.69, 9.17) is 0 Å². The summed E-state index contributed by atoms with van der Waals surface area (Å²) in [5.41, 5.74) is 0.639. The van der Waals surface area contributed by atoms with Crippen LogP contribution in [0.2, 0.25) is 0 Å². The second kappa shape index (κ2) is 6.72. The van der Waals surface area contributed by atoms with E-state index in [1.165, 1.54) is 13.1 Å². The molecule has 0 unspecified atom stereocenters. The molecule has 124 valence electrons. The summed E-state index contributed by atoms with van der Waals surface area (Å²) < 4.78 is 25.9. The van der Waals surface area contributed by atoms with Crippen molar-refractivity contribution in [3.05, 3.63) is 60.0 Å². The molecular formula is C17H16N2O3S2. The van der Waals surface area contributed by atoms with Gasteiger partial charge in [-0.15, -0.1) is 11.3 Å². The van der Waals surface area contributed by atoms with Crippen LogP contribution in [0.5, 0.6) is 0 Å². The molecule has 3 aromatic rings. The van der Waals surface area contributed by atoms with Crippen LogP contribution in [0.3, 0.4) is 0 Å². The van der Waals surface area contributed by atoms with Crippen molar-refractivity contribution in [1.82, 2.24) is 4.31 Å². The molecule has 1 heterocycles. The van der Waals surface area contributed by atoms with Gasteiger partial charge in [-0.05, 0) is 34.4 Å². The van der Waals surface area contributed by atoms with Crippen molar-refractivity contribution in [2.75, 3.05) is 18.9 Å². The average molecular weight is 360 g/mol. The fourth-order valence-corrected chi connectivity index (χ4v) is 4.65. The van der Waals surface area contributed by atoms with Crippen molar-refractivity contribution in [3.8, 4) is 0 Å². The first-order chi connectivity index (χ1) is 11.5. The zero-order valence-corrected chi connectivity index (χ0v) is 14.6. The van der Waals surface area contributed by atoms with Crippen molar-refractivity contribution in [2.45, 2.75) is 4.21 Å². The number of sulfonamides is 1. The molecule has 0 aliphatic carbocycles. The topological polar surface area (TPSA) is 66.5 Å². The molecule has 0 saturated carbocycles. The van der Waals surface area contributed by atoms with Gasteiger partial charge in [-0.3, -0.25) is 4.79 Å². The summed E-state index contributed by atoms with van der Waals surface area (Å²) in [6.45, 7) is -0.243. The summed E-state index contributed by atoms with van der Waals surface area (Å²) >= 11 is 1.13. The van der Waals surface area contributed by atoms with Gasteiger partial charge in [0.05, 0.1) is 6.54 Å². The Hall–Kier alpha value is -2.22. The first-order valence-electron chi connectivity index (χ1n) is 7.25. The van der Waals surface area contributed by atoms with Crippen molar-refractivity contribution in [3.63, 3.8) is 0 Å². The number of fused-ring (bicyclic) bond motifs is 1. The lowest BCUT2D eigenvalue weighted by Gasteiger charge is -2.15. The fourth-order valence-electron chi connectivity index (χ4n) is 2.32. The summed E-state index contributed by atoms with van der Waals surface area (Å²) in [7, 11) is -2.23. The molecule has 24 heavy (non-hydrogen) atoms. The van der Waals surface area contributed by atoms with Crippen molar-refractivity contribution in [1.29, 1.82) is 0 Å². The summed E-state index contributed by atoms with van der Waals surface area (Å²) in [5, 5.41) is 6.52. The van der Waals surface area contributed by atoms with Gasteiger partial charge < -0.3 is 5.32 Å². The van der Waals surface area contributed by atoms with E-state index < -0.39 is 10.0 Å². The molecule has 1 N–H and O–H groups in total. The molecule has 2 aromatic carbocycles. The third kappa shape index (κ3) is 3.48. The molecule has 1 amide bonds. The zero-order chi connectivity index (χ0) is 17.2. The Morgan fingerprint density at radius 1 is 1.08 bits per heavy atom. The Morgan fingerprint density at radius 2 is 1.83 bits per heavy atom. The number of benzene rings is 2. The summed E-state index contributed by atoms with van der Waals surface area (Å²) in [6, 6.07) is 16.6. The number of carbonyl (C=O) groups is 1. The number of anilines is 1. The SMILES string of the molecule is CN(CC(=O)Nc1ccc2ccccc2c1)S(=O)(=O)c1cccs1. The highest BCUT2D eigenvalue weighted by molar-refractivity contribution is 7.91. The zero-order valence-electron chi connectivity index (χ0n) is 13.0. The molecule has 0 radical (unpaired) electrons. The lowest BCUT2D eigenvalue weighted by Crippen LogP contribution is -2.34. The molecule has 0 saturated heterocycles. The maximum absolute atomic E-state index is 12.3. The molecule has 5 nitrogen and oxygen atoms in total. The van der Waals surface area contributed by atoms with Crippen LogP contribution in [-0.4, -0.2) is 32.2 Å². The van der Waals surface area contributed by atoms with Crippen LogP contribution in [0.25, 0.3) is 10.8 Å². The van der Waals surface area contributed by atoms with Gasteiger partial charge in [0.25, 0.3) is 10.0 Å². The molecule has 0 fully saturated rings. The predicted octanol–water partition coefficient (Wildman–Crippen LogP) is 3.16. The summed E-state index contributed by atoms with van der Waals surface area (Å²) in [5.74, 6) is -0.382. The molecule has 1 aromatic heterocycles. The lowest BCUT2D eigenvalue weighted by molar-refractivity contribution is -0.116. The normalized spacial score (nSPS) is 11.8. The van der Waals surface area contributed by atoms with E-state index >= 15 is 0 Å². The van der Waals surface area contributed by atoms with Gasteiger partial charge in [-0.25, -0.2) is 8.42 Å². The summed E-state index contributed by atoms with van der Waals surface area (Å²) in [6.07, 6.45) is 0. The first kappa shape index (κ1) is 16.6. The standard InChI is InChI=1S/C17H16N2O3S2/c1-19(24(21,22)17-7-4-10-23-17)12-16(20)18-15-9-8-13-5-2-3-6-14(13)11-15/h2-11H,12H2,1H3,(H,18,20). The van der Waals surface area contributed by atoms with Crippen LogP contribution in [0.15, 0.2) is 64.2 Å². The minimum absolute atomic E-state index is 0.225. The van der Waals surface area contributed by atoms with Gasteiger partial charge in [0, 0.05) is 12.7 Å². The van der Waals surface area contributed by atoms with Gasteiger partial charge >= 0.3 is 0 Å². The lowest BCUT2D eigenvalue weighted by atomic mass is 10.1. The van der Waals surface area contributed by atoms with Crippen molar-refractivity contribution >= 4 is 43.7 Å². The van der Waals surface area contributed by atoms with Gasteiger partial charge in [0.2, 0.25) is 5.91 Å².